The highest BCUT2D eigenvalue weighted by atomic mass is 127. The van der Waals surface area contributed by atoms with Crippen LogP contribution in [0.2, 0.25) is 0 Å². The SMILES string of the molecule is CCNC(=NCc1cc(N(C)C)nc2ccccc12)NC(C)COC1CCOC1.I. The molecule has 0 saturated carbocycles. The average molecular weight is 527 g/mol. The zero-order valence-electron chi connectivity index (χ0n) is 18.4. The minimum absolute atomic E-state index is 0. The van der Waals surface area contributed by atoms with Gasteiger partial charge in [0.2, 0.25) is 0 Å². The molecule has 2 heterocycles. The van der Waals surface area contributed by atoms with Crippen molar-refractivity contribution in [3.8, 4) is 0 Å². The lowest BCUT2D eigenvalue weighted by molar-refractivity contribution is 0.0347. The number of fused-ring (bicyclic) bond motifs is 1. The maximum Gasteiger partial charge on any atom is 0.191 e. The summed E-state index contributed by atoms with van der Waals surface area (Å²) in [4.78, 5) is 11.6. The predicted molar refractivity (Wildman–Crippen MR) is 134 cm³/mol. The van der Waals surface area contributed by atoms with E-state index in [1.54, 1.807) is 0 Å². The number of ether oxygens (including phenoxy) is 2. The number of nitrogens with zero attached hydrogens (tertiary/aromatic N) is 3. The van der Waals surface area contributed by atoms with Gasteiger partial charge in [-0.15, -0.1) is 24.0 Å². The highest BCUT2D eigenvalue weighted by molar-refractivity contribution is 14.0. The Hall–Kier alpha value is -1.65. The molecule has 1 aliphatic heterocycles. The molecule has 1 fully saturated rings. The summed E-state index contributed by atoms with van der Waals surface area (Å²) in [7, 11) is 4.01. The Balaban J connectivity index is 0.00000320. The van der Waals surface area contributed by atoms with Gasteiger partial charge in [0.1, 0.15) is 5.82 Å². The first kappa shape index (κ1) is 24.6. The minimum Gasteiger partial charge on any atom is -0.379 e. The summed E-state index contributed by atoms with van der Waals surface area (Å²) in [5.74, 6) is 1.73. The van der Waals surface area contributed by atoms with E-state index in [4.69, 9.17) is 19.5 Å². The van der Waals surface area contributed by atoms with Gasteiger partial charge in [-0.3, -0.25) is 0 Å². The van der Waals surface area contributed by atoms with Gasteiger partial charge in [0.05, 0.1) is 31.4 Å². The molecule has 2 aromatic rings. The highest BCUT2D eigenvalue weighted by Crippen LogP contribution is 2.22. The lowest BCUT2D eigenvalue weighted by Gasteiger charge is -2.20. The van der Waals surface area contributed by atoms with E-state index in [1.165, 1.54) is 0 Å². The Morgan fingerprint density at radius 2 is 2.17 bits per heavy atom. The van der Waals surface area contributed by atoms with Crippen LogP contribution in [0.1, 0.15) is 25.8 Å². The maximum atomic E-state index is 5.92. The van der Waals surface area contributed by atoms with Crippen molar-refractivity contribution in [1.29, 1.82) is 0 Å². The Morgan fingerprint density at radius 3 is 2.87 bits per heavy atom. The maximum absolute atomic E-state index is 5.92. The molecule has 0 radical (unpaired) electrons. The average Bonchev–Trinajstić information content (AvgIpc) is 3.24. The highest BCUT2D eigenvalue weighted by Gasteiger charge is 2.17. The Kier molecular flexibility index (Phi) is 10.1. The van der Waals surface area contributed by atoms with Gasteiger partial charge < -0.3 is 25.0 Å². The van der Waals surface area contributed by atoms with Crippen LogP contribution in [0.3, 0.4) is 0 Å². The van der Waals surface area contributed by atoms with Crippen LogP contribution in [0.15, 0.2) is 35.3 Å². The molecule has 8 heteroatoms. The molecule has 0 aliphatic carbocycles. The van der Waals surface area contributed by atoms with Gasteiger partial charge >= 0.3 is 0 Å². The van der Waals surface area contributed by atoms with E-state index in [0.29, 0.717) is 19.8 Å². The molecule has 2 N–H and O–H groups in total. The number of anilines is 1. The standard InChI is InChI=1S/C22H33N5O2.HI/c1-5-23-22(25-16(2)14-29-18-10-11-28-15-18)24-13-17-12-21(27(3)4)26-20-9-7-6-8-19(17)20;/h6-9,12,16,18H,5,10-11,13-15H2,1-4H3,(H2,23,24,25);1H. The molecule has 7 nitrogen and oxygen atoms in total. The summed E-state index contributed by atoms with van der Waals surface area (Å²) in [6.45, 7) is 7.67. The van der Waals surface area contributed by atoms with Gasteiger partial charge in [0.15, 0.2) is 5.96 Å². The molecule has 1 aliphatic rings. The molecular weight excluding hydrogens is 493 g/mol. The van der Waals surface area contributed by atoms with Crippen molar-refractivity contribution in [1.82, 2.24) is 15.6 Å². The lowest BCUT2D eigenvalue weighted by Crippen LogP contribution is -2.44. The number of nitrogens with one attached hydrogen (secondary N) is 2. The van der Waals surface area contributed by atoms with E-state index in [2.05, 4.69) is 36.6 Å². The van der Waals surface area contributed by atoms with Crippen molar-refractivity contribution in [2.75, 3.05) is 45.4 Å². The van der Waals surface area contributed by atoms with Crippen LogP contribution in [0, 0.1) is 0 Å². The number of aliphatic imine (C=N–C) groups is 1. The van der Waals surface area contributed by atoms with Crippen molar-refractivity contribution in [3.63, 3.8) is 0 Å². The number of guanidine groups is 1. The van der Waals surface area contributed by atoms with Crippen LogP contribution >= 0.6 is 24.0 Å². The second-order valence-corrected chi connectivity index (χ2v) is 7.61. The van der Waals surface area contributed by atoms with E-state index in [-0.39, 0.29) is 36.1 Å². The number of hydrogen-bond acceptors (Lipinski definition) is 5. The van der Waals surface area contributed by atoms with E-state index in [9.17, 15) is 0 Å². The second-order valence-electron chi connectivity index (χ2n) is 7.61. The van der Waals surface area contributed by atoms with Crippen LogP contribution in [0.4, 0.5) is 5.82 Å². The number of para-hydroxylation sites is 1. The predicted octanol–water partition coefficient (Wildman–Crippen LogP) is 3.17. The first-order valence-electron chi connectivity index (χ1n) is 10.4. The summed E-state index contributed by atoms with van der Waals surface area (Å²) in [5, 5.41) is 7.91. The molecule has 1 saturated heterocycles. The molecule has 166 valence electrons. The summed E-state index contributed by atoms with van der Waals surface area (Å²) in [6.07, 6.45) is 1.19. The van der Waals surface area contributed by atoms with Gasteiger partial charge in [-0.1, -0.05) is 18.2 Å². The summed E-state index contributed by atoms with van der Waals surface area (Å²) >= 11 is 0. The molecule has 2 atom stereocenters. The number of pyridine rings is 1. The monoisotopic (exact) mass is 527 g/mol. The molecule has 0 bridgehead atoms. The van der Waals surface area contributed by atoms with Crippen molar-refractivity contribution in [2.45, 2.75) is 39.0 Å². The number of halogens is 1. The fourth-order valence-corrected chi connectivity index (χ4v) is 3.28. The van der Waals surface area contributed by atoms with Crippen molar-refractivity contribution < 1.29 is 9.47 Å². The van der Waals surface area contributed by atoms with Crippen LogP contribution in [0.25, 0.3) is 10.9 Å². The smallest absolute Gasteiger partial charge is 0.191 e. The number of aromatic nitrogens is 1. The zero-order valence-corrected chi connectivity index (χ0v) is 20.7. The normalized spacial score (nSPS) is 17.5. The Bertz CT molecular complexity index is 824. The first-order chi connectivity index (χ1) is 14.1. The van der Waals surface area contributed by atoms with Crippen LogP contribution in [-0.4, -0.2) is 63.6 Å². The second kappa shape index (κ2) is 12.3. The van der Waals surface area contributed by atoms with Crippen LogP contribution in [-0.2, 0) is 16.0 Å². The molecular formula is C22H34IN5O2. The number of benzene rings is 1. The molecule has 3 rings (SSSR count). The number of rotatable bonds is 8. The van der Waals surface area contributed by atoms with Crippen molar-refractivity contribution in [3.05, 3.63) is 35.9 Å². The molecule has 0 amide bonds. The van der Waals surface area contributed by atoms with E-state index in [1.807, 2.05) is 37.2 Å². The lowest BCUT2D eigenvalue weighted by atomic mass is 10.1. The summed E-state index contributed by atoms with van der Waals surface area (Å²) < 4.78 is 11.3. The van der Waals surface area contributed by atoms with E-state index < -0.39 is 0 Å². The zero-order chi connectivity index (χ0) is 20.6. The molecule has 30 heavy (non-hydrogen) atoms. The summed E-state index contributed by atoms with van der Waals surface area (Å²) in [5.41, 5.74) is 2.14. The fraction of sp³-hybridized carbons (Fsp3) is 0.545. The van der Waals surface area contributed by atoms with Gasteiger partial charge in [0, 0.05) is 38.7 Å². The third-order valence-electron chi connectivity index (χ3n) is 4.85. The van der Waals surface area contributed by atoms with E-state index in [0.717, 1.165) is 47.8 Å². The fourth-order valence-electron chi connectivity index (χ4n) is 3.28. The van der Waals surface area contributed by atoms with Gasteiger partial charge in [0.25, 0.3) is 0 Å². The van der Waals surface area contributed by atoms with Crippen molar-refractivity contribution >= 4 is 46.7 Å². The van der Waals surface area contributed by atoms with Crippen LogP contribution < -0.4 is 15.5 Å². The molecule has 1 aromatic heterocycles. The Morgan fingerprint density at radius 1 is 1.37 bits per heavy atom. The minimum atomic E-state index is 0. The summed E-state index contributed by atoms with van der Waals surface area (Å²) in [6, 6.07) is 10.5. The Labute approximate surface area is 196 Å². The topological polar surface area (TPSA) is 71.0 Å². The van der Waals surface area contributed by atoms with Crippen molar-refractivity contribution in [2.24, 2.45) is 4.99 Å². The third kappa shape index (κ3) is 6.95. The van der Waals surface area contributed by atoms with Gasteiger partial charge in [-0.25, -0.2) is 9.98 Å². The third-order valence-corrected chi connectivity index (χ3v) is 4.85. The number of hydrogen-bond donors (Lipinski definition) is 2. The first-order valence-corrected chi connectivity index (χ1v) is 10.4. The molecule has 0 spiro atoms. The quantitative estimate of drug-likeness (QED) is 0.312. The van der Waals surface area contributed by atoms with Crippen LogP contribution in [0.5, 0.6) is 0 Å². The van der Waals surface area contributed by atoms with E-state index >= 15 is 0 Å². The largest absolute Gasteiger partial charge is 0.379 e. The molecule has 1 aromatic carbocycles. The van der Waals surface area contributed by atoms with Gasteiger partial charge in [-0.05, 0) is 38.0 Å². The molecule has 2 unspecified atom stereocenters. The van der Waals surface area contributed by atoms with Gasteiger partial charge in [-0.2, -0.15) is 0 Å².